The molecule has 5 rings (SSSR count). The van der Waals surface area contributed by atoms with E-state index in [-0.39, 0.29) is 34.9 Å². The number of sulfone groups is 1. The summed E-state index contributed by atoms with van der Waals surface area (Å²) in [7, 11) is -0.0546. The highest BCUT2D eigenvalue weighted by molar-refractivity contribution is 14.1. The van der Waals surface area contributed by atoms with Crippen LogP contribution < -0.4 is 15.4 Å². The molecular weight excluding hydrogens is 721 g/mol. The molecule has 14 heteroatoms. The number of piperidine rings is 1. The van der Waals surface area contributed by atoms with Crippen LogP contribution in [-0.4, -0.2) is 89.6 Å². The summed E-state index contributed by atoms with van der Waals surface area (Å²) in [6, 6.07) is 10.5. The maximum Gasteiger partial charge on any atom is 0.319 e. The van der Waals surface area contributed by atoms with Gasteiger partial charge in [-0.25, -0.2) is 18.2 Å². The number of anilines is 4. The zero-order valence-corrected chi connectivity index (χ0v) is 29.8. The summed E-state index contributed by atoms with van der Waals surface area (Å²) in [5.74, 6) is 1.19. The first-order chi connectivity index (χ1) is 21.8. The van der Waals surface area contributed by atoms with Gasteiger partial charge in [0.15, 0.2) is 9.84 Å². The first-order valence-electron chi connectivity index (χ1n) is 15.3. The Hall–Kier alpha value is -3.66. The average molecular weight is 762 g/mol. The summed E-state index contributed by atoms with van der Waals surface area (Å²) < 4.78 is 32.9. The summed E-state index contributed by atoms with van der Waals surface area (Å²) in [6.07, 6.45) is 2.94. The molecule has 1 fully saturated rings. The van der Waals surface area contributed by atoms with E-state index in [1.807, 2.05) is 29.7 Å². The van der Waals surface area contributed by atoms with Gasteiger partial charge < -0.3 is 30.1 Å². The van der Waals surface area contributed by atoms with Crippen LogP contribution in [0.4, 0.5) is 27.9 Å². The van der Waals surface area contributed by atoms with Crippen molar-refractivity contribution in [2.75, 3.05) is 37.8 Å². The van der Waals surface area contributed by atoms with Crippen molar-refractivity contribution in [1.29, 1.82) is 0 Å². The monoisotopic (exact) mass is 761 g/mol. The van der Waals surface area contributed by atoms with E-state index in [1.165, 1.54) is 0 Å². The third-order valence-corrected chi connectivity index (χ3v) is 11.0. The van der Waals surface area contributed by atoms with E-state index in [0.717, 1.165) is 5.56 Å². The Morgan fingerprint density at radius 2 is 1.76 bits per heavy atom. The van der Waals surface area contributed by atoms with Crippen LogP contribution in [0.2, 0.25) is 0 Å². The third kappa shape index (κ3) is 7.01. The van der Waals surface area contributed by atoms with Crippen molar-refractivity contribution in [2.45, 2.75) is 69.4 Å². The van der Waals surface area contributed by atoms with Crippen molar-refractivity contribution in [3.63, 3.8) is 0 Å². The summed E-state index contributed by atoms with van der Waals surface area (Å²) in [4.78, 5) is 40.7. The number of rotatable bonds is 9. The Balaban J connectivity index is 1.40. The molecular formula is C32H40IN7O5S. The fourth-order valence-electron chi connectivity index (χ4n) is 5.59. The molecule has 46 heavy (non-hydrogen) atoms. The molecule has 12 nitrogen and oxygen atoms in total. The fraction of sp³-hybridized carbons (Fsp3) is 0.438. The highest BCUT2D eigenvalue weighted by atomic mass is 127. The molecule has 0 radical (unpaired) electrons. The second-order valence-electron chi connectivity index (χ2n) is 12.2. The molecule has 0 aliphatic carbocycles. The summed E-state index contributed by atoms with van der Waals surface area (Å²) in [5, 5.41) is 5.84. The van der Waals surface area contributed by atoms with Crippen LogP contribution in [0.1, 0.15) is 56.5 Å². The molecule has 0 unspecified atom stereocenters. The molecule has 2 aliphatic rings. The number of ether oxygens (including phenoxy) is 1. The Labute approximate surface area is 284 Å². The number of halogens is 1. The molecule has 246 valence electrons. The summed E-state index contributed by atoms with van der Waals surface area (Å²) >= 11 is 2.10. The van der Waals surface area contributed by atoms with Gasteiger partial charge in [-0.1, -0.05) is 12.1 Å². The molecule has 0 bridgehead atoms. The molecule has 2 aromatic carbocycles. The molecule has 3 heterocycles. The van der Waals surface area contributed by atoms with Crippen LogP contribution in [-0.2, 0) is 16.4 Å². The quantitative estimate of drug-likeness (QED) is 0.266. The largest absolute Gasteiger partial charge is 0.489 e. The van der Waals surface area contributed by atoms with Crippen LogP contribution in [0, 0.1) is 3.57 Å². The van der Waals surface area contributed by atoms with Crippen molar-refractivity contribution in [1.82, 2.24) is 24.7 Å². The van der Waals surface area contributed by atoms with E-state index in [4.69, 9.17) is 4.74 Å². The first-order valence-corrected chi connectivity index (χ1v) is 17.9. The zero-order valence-electron chi connectivity index (χ0n) is 26.9. The molecule has 3 aromatic rings. The van der Waals surface area contributed by atoms with Crippen molar-refractivity contribution in [3.05, 3.63) is 57.3 Å². The van der Waals surface area contributed by atoms with Crippen molar-refractivity contribution >= 4 is 67.5 Å². The number of carbonyl (C=O) groups is 2. The van der Waals surface area contributed by atoms with Crippen LogP contribution >= 0.6 is 22.6 Å². The van der Waals surface area contributed by atoms with Crippen LogP contribution in [0.5, 0.6) is 5.75 Å². The fourth-order valence-corrected chi connectivity index (χ4v) is 7.19. The van der Waals surface area contributed by atoms with E-state index in [2.05, 4.69) is 43.2 Å². The lowest BCUT2D eigenvalue weighted by Gasteiger charge is -2.37. The Kier molecular flexibility index (Phi) is 9.96. The van der Waals surface area contributed by atoms with Crippen LogP contribution in [0.25, 0.3) is 0 Å². The number of benzene rings is 2. The topological polar surface area (TPSA) is 137 Å². The lowest BCUT2D eigenvalue weighted by Crippen LogP contribution is -2.49. The second kappa shape index (κ2) is 13.6. The maximum atomic E-state index is 13.7. The average Bonchev–Trinajstić information content (AvgIpc) is 3.33. The minimum atomic E-state index is -3.55. The highest BCUT2D eigenvalue weighted by Gasteiger charge is 2.36. The Morgan fingerprint density at radius 3 is 2.41 bits per heavy atom. The number of hydrogen-bond donors (Lipinski definition) is 2. The van der Waals surface area contributed by atoms with E-state index in [9.17, 15) is 18.0 Å². The van der Waals surface area contributed by atoms with Gasteiger partial charge in [-0.3, -0.25) is 4.79 Å². The lowest BCUT2D eigenvalue weighted by atomic mass is 10.0. The van der Waals surface area contributed by atoms with Crippen molar-refractivity contribution in [3.8, 4) is 5.75 Å². The molecule has 1 saturated heterocycles. The number of carbonyl (C=O) groups excluding carboxylic acids is 2. The van der Waals surface area contributed by atoms with Crippen LogP contribution in [0.3, 0.4) is 0 Å². The second-order valence-corrected chi connectivity index (χ2v) is 15.9. The minimum absolute atomic E-state index is 0.0124. The first kappa shape index (κ1) is 33.7. The van der Waals surface area contributed by atoms with Gasteiger partial charge in [0.05, 0.1) is 31.2 Å². The Morgan fingerprint density at radius 1 is 1.07 bits per heavy atom. The predicted molar refractivity (Wildman–Crippen MR) is 186 cm³/mol. The smallest absolute Gasteiger partial charge is 0.319 e. The normalized spacial score (nSPS) is 15.4. The minimum Gasteiger partial charge on any atom is -0.489 e. The van der Waals surface area contributed by atoms with Gasteiger partial charge >= 0.3 is 6.03 Å². The number of likely N-dealkylation sites (tertiary alicyclic amines) is 1. The molecule has 2 N–H and O–H groups in total. The molecule has 3 amide bonds. The summed E-state index contributed by atoms with van der Waals surface area (Å²) in [5.41, 5.74) is 2.43. The number of fused-ring (bicyclic) bond motifs is 1. The number of para-hydroxylation sites is 1. The van der Waals surface area contributed by atoms with E-state index in [0.29, 0.717) is 64.6 Å². The zero-order chi connectivity index (χ0) is 33.3. The van der Waals surface area contributed by atoms with Gasteiger partial charge in [0.2, 0.25) is 5.95 Å². The lowest BCUT2D eigenvalue weighted by molar-refractivity contribution is 0.0612. The molecule has 0 spiro atoms. The van der Waals surface area contributed by atoms with Crippen molar-refractivity contribution < 1.29 is 22.7 Å². The van der Waals surface area contributed by atoms with Crippen LogP contribution in [0.15, 0.2) is 47.5 Å². The standard InChI is InChI=1S/C32H40IN7O5S/c1-19(2)45-27-15-21-18-40(22-11-13-39(14-12-22)32(42)38(5)6)30(41)23(21)16-26(27)36-31-34-17-24(33)29(37-31)35-25-9-7-8-10-28(25)46(43,44)20(3)4/h7-10,15-17,19-20,22H,11-14,18H2,1-6H3,(H2,34,35,36,37). The van der Waals surface area contributed by atoms with Gasteiger partial charge in [-0.05, 0) is 93.0 Å². The summed E-state index contributed by atoms with van der Waals surface area (Å²) in [6.45, 7) is 8.85. The number of nitrogens with one attached hydrogen (secondary N) is 2. The third-order valence-electron chi connectivity index (χ3n) is 8.02. The number of aromatic nitrogens is 2. The maximum absolute atomic E-state index is 13.7. The highest BCUT2D eigenvalue weighted by Crippen LogP contribution is 2.38. The van der Waals surface area contributed by atoms with Gasteiger partial charge in [0.25, 0.3) is 5.91 Å². The van der Waals surface area contributed by atoms with E-state index in [1.54, 1.807) is 69.4 Å². The van der Waals surface area contributed by atoms with Gasteiger partial charge in [0, 0.05) is 51.5 Å². The number of nitrogens with zero attached hydrogens (tertiary/aromatic N) is 5. The van der Waals surface area contributed by atoms with Crippen molar-refractivity contribution in [2.24, 2.45) is 0 Å². The number of urea groups is 1. The SMILES string of the molecule is CC(C)Oc1cc2c(cc1Nc1ncc(I)c(Nc3ccccc3S(=O)(=O)C(C)C)n1)C(=O)N(C1CCN(C(=O)N(C)C)CC1)C2. The molecule has 0 atom stereocenters. The molecule has 2 aliphatic heterocycles. The van der Waals surface area contributed by atoms with Gasteiger partial charge in [0.1, 0.15) is 11.6 Å². The number of amides is 3. The number of hydrogen-bond acceptors (Lipinski definition) is 9. The van der Waals surface area contributed by atoms with Gasteiger partial charge in [-0.2, -0.15) is 4.98 Å². The van der Waals surface area contributed by atoms with E-state index < -0.39 is 15.1 Å². The van der Waals surface area contributed by atoms with E-state index >= 15 is 0 Å². The molecule has 0 saturated carbocycles. The molecule has 1 aromatic heterocycles. The predicted octanol–water partition coefficient (Wildman–Crippen LogP) is 5.64. The Bertz CT molecular complexity index is 1740. The van der Waals surface area contributed by atoms with Gasteiger partial charge in [-0.15, -0.1) is 0 Å².